The SMILES string of the molecule is CS(=O)(=O)O.O.O=C(OC1C[C@@H]2CC3C[C@@H](C1)N2CC3=O)c1c[nH]c2ccccc12. The van der Waals surface area contributed by atoms with Crippen LogP contribution in [0.2, 0.25) is 0 Å². The van der Waals surface area contributed by atoms with Gasteiger partial charge in [-0.25, -0.2) is 4.79 Å². The van der Waals surface area contributed by atoms with Gasteiger partial charge in [-0.3, -0.25) is 14.2 Å². The molecule has 5 heterocycles. The number of aromatic nitrogens is 1. The van der Waals surface area contributed by atoms with Crippen molar-refractivity contribution < 1.29 is 32.8 Å². The van der Waals surface area contributed by atoms with Crippen molar-refractivity contribution in [1.82, 2.24) is 9.88 Å². The average molecular weight is 439 g/mol. The lowest BCUT2D eigenvalue weighted by atomic mass is 9.72. The van der Waals surface area contributed by atoms with Crippen LogP contribution in [0.15, 0.2) is 30.5 Å². The number of para-hydroxylation sites is 1. The van der Waals surface area contributed by atoms with Crippen molar-refractivity contribution in [1.29, 1.82) is 0 Å². The van der Waals surface area contributed by atoms with Crippen molar-refractivity contribution in [3.05, 3.63) is 36.0 Å². The third-order valence-corrected chi connectivity index (χ3v) is 6.00. The van der Waals surface area contributed by atoms with Crippen molar-refractivity contribution in [2.45, 2.75) is 43.9 Å². The second-order valence-corrected chi connectivity index (χ2v) is 9.56. The Morgan fingerprint density at radius 3 is 2.37 bits per heavy atom. The molecule has 4 bridgehead atoms. The number of piperidine rings is 4. The first-order chi connectivity index (χ1) is 13.7. The van der Waals surface area contributed by atoms with Crippen LogP contribution in [-0.4, -0.2) is 71.1 Å². The van der Waals surface area contributed by atoms with E-state index in [1.165, 1.54) is 0 Å². The lowest BCUT2D eigenvalue weighted by Gasteiger charge is -2.54. The topological polar surface area (TPSA) is 148 Å². The molecule has 4 saturated heterocycles. The molecular formula is C20H26N2O7S. The Morgan fingerprint density at radius 1 is 1.17 bits per heavy atom. The Morgan fingerprint density at radius 2 is 1.77 bits per heavy atom. The number of hydrogen-bond donors (Lipinski definition) is 2. The first-order valence-corrected chi connectivity index (χ1v) is 11.5. The van der Waals surface area contributed by atoms with Gasteiger partial charge in [0, 0.05) is 47.9 Å². The first-order valence-electron chi connectivity index (χ1n) is 9.67. The highest BCUT2D eigenvalue weighted by Crippen LogP contribution is 2.42. The largest absolute Gasteiger partial charge is 0.459 e. The zero-order chi connectivity index (χ0) is 20.8. The van der Waals surface area contributed by atoms with E-state index < -0.39 is 10.1 Å². The molecule has 6 rings (SSSR count). The number of Topliss-reactive ketones (excluding diaryl/α,β-unsaturated/α-hetero) is 1. The average Bonchev–Trinajstić information content (AvgIpc) is 3.04. The second-order valence-electron chi connectivity index (χ2n) is 8.09. The number of benzene rings is 1. The van der Waals surface area contributed by atoms with Crippen LogP contribution in [0, 0.1) is 5.92 Å². The molecule has 0 aliphatic carbocycles. The van der Waals surface area contributed by atoms with E-state index in [9.17, 15) is 18.0 Å². The highest BCUT2D eigenvalue weighted by molar-refractivity contribution is 7.85. The lowest BCUT2D eigenvalue weighted by Crippen LogP contribution is -2.63. The maximum Gasteiger partial charge on any atom is 0.340 e. The summed E-state index contributed by atoms with van der Waals surface area (Å²) in [5, 5.41) is 0.909. The summed E-state index contributed by atoms with van der Waals surface area (Å²) in [6, 6.07) is 8.58. The van der Waals surface area contributed by atoms with Crippen LogP contribution in [0.1, 0.15) is 36.0 Å². The van der Waals surface area contributed by atoms with E-state index >= 15 is 0 Å². The van der Waals surface area contributed by atoms with Gasteiger partial charge in [0.15, 0.2) is 0 Å². The lowest BCUT2D eigenvalue weighted by molar-refractivity contribution is -0.145. The van der Waals surface area contributed by atoms with E-state index in [1.807, 2.05) is 24.3 Å². The van der Waals surface area contributed by atoms with Crippen LogP contribution in [0.4, 0.5) is 0 Å². The summed E-state index contributed by atoms with van der Waals surface area (Å²) in [7, 11) is -3.67. The van der Waals surface area contributed by atoms with Crippen molar-refractivity contribution in [2.24, 2.45) is 5.92 Å². The molecule has 4 N–H and O–H groups in total. The smallest absolute Gasteiger partial charge is 0.340 e. The summed E-state index contributed by atoms with van der Waals surface area (Å²) < 4.78 is 31.7. The number of fused-ring (bicyclic) bond motifs is 2. The van der Waals surface area contributed by atoms with E-state index in [1.54, 1.807) is 6.20 Å². The van der Waals surface area contributed by atoms with E-state index in [2.05, 4.69) is 9.88 Å². The minimum Gasteiger partial charge on any atom is -0.459 e. The highest BCUT2D eigenvalue weighted by atomic mass is 32.2. The fourth-order valence-corrected chi connectivity index (χ4v) is 4.87. The molecule has 2 atom stereocenters. The van der Waals surface area contributed by atoms with Gasteiger partial charge in [-0.05, 0) is 18.9 Å². The molecule has 10 heteroatoms. The van der Waals surface area contributed by atoms with Crippen molar-refractivity contribution >= 4 is 32.8 Å². The number of esters is 1. The standard InChI is InChI=1S/C19H20N2O3.CH4O3S.H2O/c22-18-10-21-12-5-11(18)6-13(21)8-14(7-12)24-19(23)16-9-20-17-4-2-1-3-15(16)17;1-5(2,3)4;/h1-4,9,11-14,20H,5-8,10H2;1H3,(H,2,3,4);1H2/t11?,12-,13-,14?;;/m0../s1. The zero-order valence-corrected chi connectivity index (χ0v) is 17.4. The minimum atomic E-state index is -3.67. The van der Waals surface area contributed by atoms with Crippen LogP contribution < -0.4 is 0 Å². The molecule has 0 amide bonds. The molecule has 4 aliphatic heterocycles. The molecule has 2 aromatic rings. The Hall–Kier alpha value is -2.27. The maximum absolute atomic E-state index is 12.6. The summed E-state index contributed by atoms with van der Waals surface area (Å²) in [5.74, 6) is 0.403. The number of carbonyl (C=O) groups excluding carboxylic acids is 2. The van der Waals surface area contributed by atoms with Crippen LogP contribution >= 0.6 is 0 Å². The van der Waals surface area contributed by atoms with Crippen LogP contribution in [0.3, 0.4) is 0 Å². The third kappa shape index (κ3) is 4.72. The molecule has 1 aromatic heterocycles. The Bertz CT molecular complexity index is 1020. The maximum atomic E-state index is 12.6. The summed E-state index contributed by atoms with van der Waals surface area (Å²) in [6.07, 6.45) is 6.01. The number of aromatic amines is 1. The molecule has 4 fully saturated rings. The van der Waals surface area contributed by atoms with Gasteiger partial charge in [-0.1, -0.05) is 18.2 Å². The predicted octanol–water partition coefficient (Wildman–Crippen LogP) is 1.20. The number of ketones is 1. The van der Waals surface area contributed by atoms with Gasteiger partial charge in [-0.15, -0.1) is 0 Å². The molecule has 164 valence electrons. The number of nitrogens with one attached hydrogen (secondary N) is 1. The molecule has 0 unspecified atom stereocenters. The molecule has 0 spiro atoms. The Kier molecular flexibility index (Phi) is 6.32. The number of H-pyrrole nitrogens is 1. The molecular weight excluding hydrogens is 412 g/mol. The Balaban J connectivity index is 0.000000386. The summed E-state index contributed by atoms with van der Waals surface area (Å²) in [5.41, 5.74) is 1.56. The van der Waals surface area contributed by atoms with Gasteiger partial charge >= 0.3 is 5.97 Å². The summed E-state index contributed by atoms with van der Waals surface area (Å²) in [4.78, 5) is 30.0. The van der Waals surface area contributed by atoms with Gasteiger partial charge < -0.3 is 15.2 Å². The number of hydrogen-bond acceptors (Lipinski definition) is 6. The normalized spacial score (nSPS) is 29.5. The number of rotatable bonds is 2. The van der Waals surface area contributed by atoms with Crippen LogP contribution in [0.5, 0.6) is 0 Å². The fourth-order valence-electron chi connectivity index (χ4n) is 4.87. The Labute approximate surface area is 174 Å². The van der Waals surface area contributed by atoms with Gasteiger partial charge in [0.25, 0.3) is 10.1 Å². The number of carbonyl (C=O) groups is 2. The molecule has 0 radical (unpaired) electrons. The summed E-state index contributed by atoms with van der Waals surface area (Å²) in [6.45, 7) is 0.600. The minimum absolute atomic E-state index is 0. The molecule has 9 nitrogen and oxygen atoms in total. The van der Waals surface area contributed by atoms with Gasteiger partial charge in [-0.2, -0.15) is 8.42 Å². The quantitative estimate of drug-likeness (QED) is 0.528. The number of nitrogens with zero attached hydrogens (tertiary/aromatic N) is 1. The molecule has 1 aromatic carbocycles. The van der Waals surface area contributed by atoms with Crippen molar-refractivity contribution in [3.63, 3.8) is 0 Å². The predicted molar refractivity (Wildman–Crippen MR) is 110 cm³/mol. The zero-order valence-electron chi connectivity index (χ0n) is 16.6. The van der Waals surface area contributed by atoms with Gasteiger partial charge in [0.1, 0.15) is 11.9 Å². The fraction of sp³-hybridized carbons (Fsp3) is 0.500. The molecule has 4 aliphatic rings. The van der Waals surface area contributed by atoms with Gasteiger partial charge in [0.05, 0.1) is 18.4 Å². The third-order valence-electron chi connectivity index (χ3n) is 6.00. The van der Waals surface area contributed by atoms with E-state index in [4.69, 9.17) is 9.29 Å². The summed E-state index contributed by atoms with van der Waals surface area (Å²) >= 11 is 0. The van der Waals surface area contributed by atoms with Gasteiger partial charge in [0.2, 0.25) is 0 Å². The van der Waals surface area contributed by atoms with Crippen LogP contribution in [-0.2, 0) is 19.6 Å². The van der Waals surface area contributed by atoms with Crippen molar-refractivity contribution in [2.75, 3.05) is 12.8 Å². The second kappa shape index (κ2) is 8.46. The monoisotopic (exact) mass is 438 g/mol. The van der Waals surface area contributed by atoms with Crippen molar-refractivity contribution in [3.8, 4) is 0 Å². The van der Waals surface area contributed by atoms with E-state index in [0.29, 0.717) is 36.2 Å². The van der Waals surface area contributed by atoms with E-state index in [-0.39, 0.29) is 23.5 Å². The van der Waals surface area contributed by atoms with E-state index in [0.717, 1.165) is 36.6 Å². The molecule has 0 saturated carbocycles. The first kappa shape index (κ1) is 22.4. The van der Waals surface area contributed by atoms with Crippen LogP contribution in [0.25, 0.3) is 10.9 Å². The molecule has 30 heavy (non-hydrogen) atoms. The number of ether oxygens (including phenoxy) is 1. The highest BCUT2D eigenvalue weighted by Gasteiger charge is 2.49.